The lowest BCUT2D eigenvalue weighted by molar-refractivity contribution is -0.139. The molecule has 0 bridgehead atoms. The van der Waals surface area contributed by atoms with Gasteiger partial charge in [0.15, 0.2) is 28.8 Å². The van der Waals surface area contributed by atoms with Crippen molar-refractivity contribution < 1.29 is 42.1 Å². The maximum absolute atomic E-state index is 15.5. The summed E-state index contributed by atoms with van der Waals surface area (Å²) >= 11 is 14.6. The number of benzene rings is 3. The summed E-state index contributed by atoms with van der Waals surface area (Å²) in [4.78, 5) is 81.6. The summed E-state index contributed by atoms with van der Waals surface area (Å²) in [6, 6.07) is 12.2. The molecule has 2 aliphatic heterocycles. The molecule has 0 unspecified atom stereocenters. The van der Waals surface area contributed by atoms with Gasteiger partial charge in [0.2, 0.25) is 0 Å². The number of nitrogens with one attached hydrogen (secondary N) is 1. The molecule has 0 spiro atoms. The molecule has 3 aliphatic rings. The molecular formula is C44H36Cl2F3IN8O9. The van der Waals surface area contributed by atoms with Crippen LogP contribution < -0.4 is 36.6 Å². The van der Waals surface area contributed by atoms with E-state index in [9.17, 15) is 32.7 Å². The van der Waals surface area contributed by atoms with E-state index in [1.165, 1.54) is 53.5 Å². The highest BCUT2D eigenvalue weighted by molar-refractivity contribution is 14.1. The van der Waals surface area contributed by atoms with Gasteiger partial charge in [-0.1, -0.05) is 41.4 Å². The van der Waals surface area contributed by atoms with Crippen molar-refractivity contribution in [2.45, 2.75) is 49.5 Å². The molecule has 17 nitrogen and oxygen atoms in total. The predicted molar refractivity (Wildman–Crippen MR) is 245 cm³/mol. The van der Waals surface area contributed by atoms with Crippen LogP contribution in [-0.4, -0.2) is 71.7 Å². The van der Waals surface area contributed by atoms with Crippen LogP contribution in [-0.2, 0) is 47.7 Å². The number of hydrogen-bond donors (Lipinski definition) is 2. The average Bonchev–Trinajstić information content (AvgIpc) is 3.67. The number of anilines is 1. The van der Waals surface area contributed by atoms with E-state index in [1.54, 1.807) is 43.5 Å². The van der Waals surface area contributed by atoms with Crippen molar-refractivity contribution in [2.24, 2.45) is 13.0 Å². The largest absolute Gasteiger partial charge is 0.504 e. The van der Waals surface area contributed by atoms with Crippen molar-refractivity contribution in [3.05, 3.63) is 140 Å². The molecule has 4 atom stereocenters. The van der Waals surface area contributed by atoms with E-state index in [1.807, 2.05) is 22.6 Å². The summed E-state index contributed by atoms with van der Waals surface area (Å²) in [5.41, 5.74) is -0.332. The van der Waals surface area contributed by atoms with E-state index in [2.05, 4.69) is 15.4 Å². The third-order valence-corrected chi connectivity index (χ3v) is 14.1. The second-order valence-corrected chi connectivity index (χ2v) is 18.0. The summed E-state index contributed by atoms with van der Waals surface area (Å²) in [7, 11) is 5.81. The number of halogens is 6. The van der Waals surface area contributed by atoms with Gasteiger partial charge in [-0.2, -0.15) is 18.2 Å². The van der Waals surface area contributed by atoms with Crippen LogP contribution in [0.2, 0.25) is 10.0 Å². The molecule has 2 amide bonds. The molecule has 3 aromatic carbocycles. The number of phenolic OH excluding ortho intramolecular Hbond substituents is 1. The highest BCUT2D eigenvalue weighted by atomic mass is 127. The van der Waals surface area contributed by atoms with Crippen LogP contribution in [0.25, 0.3) is 11.0 Å². The van der Waals surface area contributed by atoms with Crippen LogP contribution in [0, 0.1) is 9.49 Å². The fourth-order valence-electron chi connectivity index (χ4n) is 9.66. The molecule has 3 aromatic heterocycles. The number of amides is 2. The molecule has 23 heteroatoms. The van der Waals surface area contributed by atoms with Crippen LogP contribution in [0.5, 0.6) is 23.0 Å². The second-order valence-electron chi connectivity index (χ2n) is 16.0. The molecule has 5 heterocycles. The number of hydrazine groups is 1. The van der Waals surface area contributed by atoms with Crippen LogP contribution >= 0.6 is 45.8 Å². The lowest BCUT2D eigenvalue weighted by Crippen LogP contribution is -2.53. The molecule has 1 aliphatic carbocycles. The Morgan fingerprint density at radius 3 is 2.28 bits per heavy atom. The summed E-state index contributed by atoms with van der Waals surface area (Å²) in [5, 5.41) is 11.4. The number of aromatic nitrogens is 6. The Morgan fingerprint density at radius 2 is 1.63 bits per heavy atom. The number of aromatic hydroxyl groups is 1. The fraction of sp³-hybridized carbons (Fsp3) is 0.295. The lowest BCUT2D eigenvalue weighted by atomic mass is 9.53. The zero-order chi connectivity index (χ0) is 48.0. The zero-order valence-corrected chi connectivity index (χ0v) is 39.2. The normalized spacial score (nSPS) is 20.1. The zero-order valence-electron chi connectivity index (χ0n) is 35.5. The minimum absolute atomic E-state index is 0.0296. The Balaban J connectivity index is 1.19. The molecule has 2 N–H and O–H groups in total. The van der Waals surface area contributed by atoms with Crippen LogP contribution in [0.3, 0.4) is 0 Å². The average molecular weight is 1080 g/mol. The van der Waals surface area contributed by atoms with Crippen molar-refractivity contribution >= 4 is 74.5 Å². The van der Waals surface area contributed by atoms with Crippen molar-refractivity contribution in [3.8, 4) is 23.0 Å². The predicted octanol–water partition coefficient (Wildman–Crippen LogP) is 5.98. The number of alkyl halides is 3. The van der Waals surface area contributed by atoms with Gasteiger partial charge in [-0.15, -0.1) is 0 Å². The molecule has 67 heavy (non-hydrogen) atoms. The van der Waals surface area contributed by atoms with E-state index >= 15 is 9.59 Å². The standard InChI is InChI=1S/C44H36Cl2F3IN8O9/c1-54-31-18-33(66-3)32(65-2)17-29(31)52-28(39(54)61)10-11-55-41(63)56-12-9-24-30(58(56)42(55)64)16-25-38(60)57(53-37-26(46)15-22(19-51-37)44(47,48)49)40(62)43(25,21-5-7-23(45)8-6-21)35(24)20-13-27(50)36(59)34(14-20)67-4/h5-9,13-15,17-19,25,30,35,59H,10-12,16H2,1-4H3,(H,51,53)/t25-,30+,35-,43+/m0/s1. The highest BCUT2D eigenvalue weighted by Crippen LogP contribution is 2.62. The van der Waals surface area contributed by atoms with Crippen molar-refractivity contribution in [3.63, 3.8) is 0 Å². The van der Waals surface area contributed by atoms with E-state index < -0.39 is 74.6 Å². The van der Waals surface area contributed by atoms with Gasteiger partial charge < -0.3 is 23.9 Å². The number of methoxy groups -OCH3 is 3. The Labute approximate surface area is 400 Å². The first kappa shape index (κ1) is 45.8. The summed E-state index contributed by atoms with van der Waals surface area (Å²) in [5.74, 6) is -4.01. The van der Waals surface area contributed by atoms with Crippen LogP contribution in [0.4, 0.5) is 19.0 Å². The van der Waals surface area contributed by atoms with Gasteiger partial charge in [0, 0.05) is 49.3 Å². The van der Waals surface area contributed by atoms with Gasteiger partial charge in [0.05, 0.1) is 70.4 Å². The van der Waals surface area contributed by atoms with Crippen LogP contribution in [0.15, 0.2) is 86.8 Å². The van der Waals surface area contributed by atoms with Crippen molar-refractivity contribution in [2.75, 3.05) is 26.8 Å². The second kappa shape index (κ2) is 16.8. The monoisotopic (exact) mass is 1070 g/mol. The van der Waals surface area contributed by atoms with E-state index in [0.29, 0.717) is 65.1 Å². The molecule has 348 valence electrons. The number of pyridine rings is 1. The molecule has 2 fully saturated rings. The maximum atomic E-state index is 15.5. The Hall–Kier alpha value is -6.33. The number of rotatable bonds is 10. The first-order chi connectivity index (χ1) is 31.8. The Morgan fingerprint density at radius 1 is 0.940 bits per heavy atom. The number of imide groups is 1. The highest BCUT2D eigenvalue weighted by Gasteiger charge is 2.69. The molecule has 0 radical (unpaired) electrons. The van der Waals surface area contributed by atoms with Gasteiger partial charge in [0.25, 0.3) is 17.4 Å². The minimum atomic E-state index is -4.80. The molecule has 9 rings (SSSR count). The van der Waals surface area contributed by atoms with Gasteiger partial charge in [-0.3, -0.25) is 19.8 Å². The molecule has 6 aromatic rings. The summed E-state index contributed by atoms with van der Waals surface area (Å²) in [6.07, 6.45) is -2.95. The minimum Gasteiger partial charge on any atom is -0.504 e. The number of carbonyl (C=O) groups is 2. The number of phenols is 1. The molecule has 1 saturated carbocycles. The summed E-state index contributed by atoms with van der Waals surface area (Å²) in [6.45, 7) is -0.428. The number of allylic oxidation sites excluding steroid dienone is 2. The maximum Gasteiger partial charge on any atom is 0.417 e. The van der Waals surface area contributed by atoms with E-state index in [0.717, 1.165) is 4.57 Å². The quantitative estimate of drug-likeness (QED) is 0.0929. The first-order valence-corrected chi connectivity index (χ1v) is 22.1. The number of hydrogen-bond acceptors (Lipinski definition) is 12. The van der Waals surface area contributed by atoms with Gasteiger partial charge >= 0.3 is 17.6 Å². The Bertz CT molecular complexity index is 3300. The number of fused-ring (bicyclic) bond motifs is 5. The SMILES string of the molecule is COc1cc2nc(CCn3c(=O)n4n(c3=O)[C@@H]3C[C@H]5C(=O)N(Nc6ncc(C(F)(F)F)cc6Cl)C(=O)[C@@]5(c5ccc(Cl)cc5)[C@@H](c5cc(I)c(O)c(OC)c5)C3=CC4)c(=O)n(C)c2cc1OC. The summed E-state index contributed by atoms with van der Waals surface area (Å²) < 4.78 is 62.4. The number of aryl methyl sites for hydroxylation is 2. The van der Waals surface area contributed by atoms with Gasteiger partial charge in [-0.05, 0) is 76.0 Å². The number of ether oxygens (including phenoxy) is 3. The lowest BCUT2D eigenvalue weighted by Gasteiger charge is -2.49. The number of carbonyl (C=O) groups excluding carboxylic acids is 2. The molecule has 1 saturated heterocycles. The van der Waals surface area contributed by atoms with Crippen molar-refractivity contribution in [1.82, 2.24) is 33.5 Å². The van der Waals surface area contributed by atoms with Gasteiger partial charge in [0.1, 0.15) is 5.69 Å². The number of nitrogens with zero attached hydrogens (tertiary/aromatic N) is 7. The van der Waals surface area contributed by atoms with E-state index in [-0.39, 0.29) is 43.1 Å². The van der Waals surface area contributed by atoms with Gasteiger partial charge in [-0.25, -0.2) is 33.5 Å². The smallest absolute Gasteiger partial charge is 0.417 e. The third kappa shape index (κ3) is 7.14. The fourth-order valence-corrected chi connectivity index (χ4v) is 10.6. The molecular weight excluding hydrogens is 1040 g/mol. The first-order valence-electron chi connectivity index (χ1n) is 20.3. The van der Waals surface area contributed by atoms with E-state index in [4.69, 9.17) is 37.4 Å². The van der Waals surface area contributed by atoms with Crippen molar-refractivity contribution in [1.29, 1.82) is 0 Å². The third-order valence-electron chi connectivity index (χ3n) is 12.7. The van der Waals surface area contributed by atoms with Crippen LogP contribution in [0.1, 0.15) is 40.8 Å². The Kier molecular flexibility index (Phi) is 11.5. The topological polar surface area (TPSA) is 194 Å².